The quantitative estimate of drug-likeness (QED) is 0.0365. The Kier molecular flexibility index (Phi) is 44.9. The number of unbranched alkanes of at least 4 members (excludes halogenated alkanes) is 34. The maximum Gasteiger partial charge on any atom is 2.00 e. The molecule has 0 aromatic heterocycles. The van der Waals surface area contributed by atoms with E-state index in [1.54, 1.807) is 24.3 Å². The van der Waals surface area contributed by atoms with Crippen molar-refractivity contribution in [1.29, 1.82) is 0 Å². The number of aromatic carboxylic acids is 2. The molecule has 0 radical (unpaired) electrons. The molecule has 0 saturated carbocycles. The van der Waals surface area contributed by atoms with E-state index in [2.05, 4.69) is 13.8 Å². The van der Waals surface area contributed by atoms with Gasteiger partial charge in [-0.15, -0.1) is 0 Å². The largest absolute Gasteiger partial charge is 2.00 e. The minimum atomic E-state index is -1.36. The summed E-state index contributed by atoms with van der Waals surface area (Å²) < 4.78 is 10.4. The first kappa shape index (κ1) is 62.6. The number of hydrogen-bond acceptors (Lipinski definition) is 8. The van der Waals surface area contributed by atoms with Gasteiger partial charge in [0.15, 0.2) is 0 Å². The molecule has 0 bridgehead atoms. The van der Waals surface area contributed by atoms with Crippen LogP contribution in [0.5, 0.6) is 0 Å². The van der Waals surface area contributed by atoms with Crippen LogP contribution >= 0.6 is 0 Å². The second-order valence-corrected chi connectivity index (χ2v) is 18.0. The average molecular weight is 931 g/mol. The van der Waals surface area contributed by atoms with Crippen LogP contribution < -0.4 is 10.2 Å². The zero-order valence-electron chi connectivity index (χ0n) is 41.5. The molecular formula is C56H90CaO8. The number of carbonyl (C=O) groups excluding carboxylic acids is 4. The molecule has 2 rings (SSSR count). The summed E-state index contributed by atoms with van der Waals surface area (Å²) in [7, 11) is 0. The normalized spacial score (nSPS) is 10.7. The summed E-state index contributed by atoms with van der Waals surface area (Å²) in [6, 6.07) is 12.0. The third-order valence-corrected chi connectivity index (χ3v) is 12.2. The van der Waals surface area contributed by atoms with Gasteiger partial charge in [-0.1, -0.05) is 269 Å². The van der Waals surface area contributed by atoms with Crippen LogP contribution in [-0.2, 0) is 9.47 Å². The van der Waals surface area contributed by atoms with E-state index >= 15 is 0 Å². The molecule has 8 nitrogen and oxygen atoms in total. The Labute approximate surface area is 426 Å². The van der Waals surface area contributed by atoms with Crippen LogP contribution in [0.3, 0.4) is 0 Å². The second kappa shape index (κ2) is 46.7. The summed E-state index contributed by atoms with van der Waals surface area (Å²) in [5.41, 5.74) is -0.101. The number of ether oxygens (including phenoxy) is 2. The molecule has 0 saturated heterocycles. The molecular weight excluding hydrogens is 841 g/mol. The summed E-state index contributed by atoms with van der Waals surface area (Å²) in [6.45, 7) is 5.21. The van der Waals surface area contributed by atoms with Crippen LogP contribution in [0.15, 0.2) is 48.5 Å². The Morgan fingerprint density at radius 1 is 0.323 bits per heavy atom. The second-order valence-electron chi connectivity index (χ2n) is 18.0. The van der Waals surface area contributed by atoms with Crippen molar-refractivity contribution in [3.05, 3.63) is 70.8 Å². The van der Waals surface area contributed by atoms with Crippen molar-refractivity contribution in [2.24, 2.45) is 0 Å². The zero-order chi connectivity index (χ0) is 46.6. The van der Waals surface area contributed by atoms with Crippen LogP contribution in [0.25, 0.3) is 0 Å². The molecule has 9 heteroatoms. The summed E-state index contributed by atoms with van der Waals surface area (Å²) in [5.74, 6) is -3.88. The molecule has 0 amide bonds. The van der Waals surface area contributed by atoms with Gasteiger partial charge in [-0.25, -0.2) is 9.59 Å². The van der Waals surface area contributed by atoms with Gasteiger partial charge in [0, 0.05) is 11.1 Å². The molecule has 0 aliphatic heterocycles. The molecule has 0 spiro atoms. The van der Waals surface area contributed by atoms with Gasteiger partial charge in [-0.05, 0) is 25.0 Å². The predicted molar refractivity (Wildman–Crippen MR) is 265 cm³/mol. The Morgan fingerprint density at radius 3 is 0.708 bits per heavy atom. The number of benzene rings is 2. The monoisotopic (exact) mass is 931 g/mol. The summed E-state index contributed by atoms with van der Waals surface area (Å²) in [5, 5.41) is 22.1. The van der Waals surface area contributed by atoms with Gasteiger partial charge in [0.05, 0.1) is 36.3 Å². The standard InChI is InChI=1S/2C28H46O4.Ca/c2*1-2-3-4-5-6-7-8-9-10-11-12-13-14-15-16-17-18-21-24-32-28(31)26-23-20-19-22-25(26)27(29)30;/h2*19-20,22-23H,2-18,21,24H2,1H3,(H,29,30);/q;;+2/p-2. The predicted octanol–water partition coefficient (Wildman–Crippen LogP) is 14.1. The Bertz CT molecular complexity index is 1340. The van der Waals surface area contributed by atoms with E-state index in [1.165, 1.54) is 217 Å². The van der Waals surface area contributed by atoms with Gasteiger partial charge < -0.3 is 29.3 Å². The van der Waals surface area contributed by atoms with E-state index in [0.717, 1.165) is 38.5 Å². The first-order chi connectivity index (χ1) is 31.3. The summed E-state index contributed by atoms with van der Waals surface area (Å²) >= 11 is 0. The number of esters is 2. The molecule has 2 aromatic rings. The van der Waals surface area contributed by atoms with Crippen molar-refractivity contribution < 1.29 is 38.9 Å². The van der Waals surface area contributed by atoms with Gasteiger partial charge in [-0.3, -0.25) is 0 Å². The van der Waals surface area contributed by atoms with Crippen molar-refractivity contribution in [3.63, 3.8) is 0 Å². The topological polar surface area (TPSA) is 133 Å². The molecule has 0 unspecified atom stereocenters. The fourth-order valence-electron chi connectivity index (χ4n) is 8.17. The van der Waals surface area contributed by atoms with E-state index in [9.17, 15) is 29.4 Å². The summed E-state index contributed by atoms with van der Waals surface area (Å²) in [6.07, 6.45) is 47.3. The fraction of sp³-hybridized carbons (Fsp3) is 0.714. The number of carbonyl (C=O) groups is 4. The van der Waals surface area contributed by atoms with E-state index < -0.39 is 23.9 Å². The zero-order valence-corrected chi connectivity index (χ0v) is 43.7. The van der Waals surface area contributed by atoms with Gasteiger partial charge in [0.1, 0.15) is 0 Å². The van der Waals surface area contributed by atoms with Gasteiger partial charge >= 0.3 is 49.7 Å². The third kappa shape index (κ3) is 36.3. The van der Waals surface area contributed by atoms with Gasteiger partial charge in [0.2, 0.25) is 0 Å². The van der Waals surface area contributed by atoms with Crippen LogP contribution in [-0.4, -0.2) is 74.8 Å². The molecule has 0 atom stereocenters. The van der Waals surface area contributed by atoms with Crippen molar-refractivity contribution in [2.45, 2.75) is 245 Å². The third-order valence-electron chi connectivity index (χ3n) is 12.2. The van der Waals surface area contributed by atoms with Crippen molar-refractivity contribution >= 4 is 61.6 Å². The van der Waals surface area contributed by atoms with Crippen molar-refractivity contribution in [1.82, 2.24) is 0 Å². The molecule has 0 aliphatic rings. The maximum absolute atomic E-state index is 12.0. The molecule has 0 N–H and O–H groups in total. The minimum absolute atomic E-state index is 0. The number of carboxylic acids is 2. The van der Waals surface area contributed by atoms with Crippen LogP contribution in [0.2, 0.25) is 0 Å². The van der Waals surface area contributed by atoms with Crippen LogP contribution in [0, 0.1) is 0 Å². The van der Waals surface area contributed by atoms with Crippen molar-refractivity contribution in [3.8, 4) is 0 Å². The number of hydrogen-bond donors (Lipinski definition) is 0. The fourth-order valence-corrected chi connectivity index (χ4v) is 8.17. The molecule has 364 valence electrons. The number of carboxylic acid groups (broad SMARTS) is 2. The van der Waals surface area contributed by atoms with E-state index in [-0.39, 0.29) is 60.0 Å². The Hall–Kier alpha value is -2.42. The minimum Gasteiger partial charge on any atom is -0.545 e. The first-order valence-corrected chi connectivity index (χ1v) is 26.3. The summed E-state index contributed by atoms with van der Waals surface area (Å²) in [4.78, 5) is 46.2. The Balaban J connectivity index is 0.00000124. The van der Waals surface area contributed by atoms with Crippen LogP contribution in [0.4, 0.5) is 0 Å². The number of rotatable bonds is 42. The SMILES string of the molecule is CCCCCCCCCCCCCCCCCCCCOC(=O)c1ccccc1C(=O)[O-].CCCCCCCCCCCCCCCCCCCCOC(=O)c1ccccc1C(=O)[O-].[Ca+2]. The Morgan fingerprint density at radius 2 is 0.508 bits per heavy atom. The van der Waals surface area contributed by atoms with E-state index in [4.69, 9.17) is 9.47 Å². The van der Waals surface area contributed by atoms with Gasteiger partial charge in [0.25, 0.3) is 0 Å². The van der Waals surface area contributed by atoms with E-state index in [1.807, 2.05) is 0 Å². The van der Waals surface area contributed by atoms with Crippen LogP contribution in [0.1, 0.15) is 286 Å². The molecule has 0 aliphatic carbocycles. The first-order valence-electron chi connectivity index (χ1n) is 26.3. The van der Waals surface area contributed by atoms with E-state index in [0.29, 0.717) is 13.2 Å². The molecule has 0 heterocycles. The molecule has 65 heavy (non-hydrogen) atoms. The molecule has 2 aromatic carbocycles. The maximum atomic E-state index is 12.0. The average Bonchev–Trinajstić information content (AvgIpc) is 3.30. The van der Waals surface area contributed by atoms with Gasteiger partial charge in [-0.2, -0.15) is 0 Å². The smallest absolute Gasteiger partial charge is 0.545 e. The molecule has 0 fully saturated rings. The van der Waals surface area contributed by atoms with Crippen molar-refractivity contribution in [2.75, 3.05) is 13.2 Å².